The van der Waals surface area contributed by atoms with Crippen LogP contribution in [0.2, 0.25) is 5.02 Å². The van der Waals surface area contributed by atoms with Crippen molar-refractivity contribution in [3.05, 3.63) is 98.6 Å². The zero-order chi connectivity index (χ0) is 23.8. The molecule has 0 heterocycles. The quantitative estimate of drug-likeness (QED) is 0.207. The van der Waals surface area contributed by atoms with Crippen molar-refractivity contribution in [3.8, 4) is 17.6 Å². The van der Waals surface area contributed by atoms with Crippen molar-refractivity contribution in [1.82, 2.24) is 0 Å². The van der Waals surface area contributed by atoms with E-state index in [4.69, 9.17) is 21.1 Å². The molecular formula is C24H18ClN3O5. The van der Waals surface area contributed by atoms with Gasteiger partial charge in [0, 0.05) is 17.8 Å². The average Bonchev–Trinajstić information content (AvgIpc) is 2.82. The van der Waals surface area contributed by atoms with Gasteiger partial charge in [-0.1, -0.05) is 17.7 Å². The first-order valence-corrected chi connectivity index (χ1v) is 10.0. The van der Waals surface area contributed by atoms with Gasteiger partial charge in [-0.05, 0) is 65.7 Å². The monoisotopic (exact) mass is 463 g/mol. The third kappa shape index (κ3) is 6.32. The van der Waals surface area contributed by atoms with Gasteiger partial charge in [0.25, 0.3) is 11.6 Å². The van der Waals surface area contributed by atoms with Gasteiger partial charge in [-0.3, -0.25) is 14.9 Å². The number of non-ortho nitro benzene ring substituents is 1. The minimum absolute atomic E-state index is 0.00255. The van der Waals surface area contributed by atoms with Gasteiger partial charge in [0.1, 0.15) is 29.7 Å². The minimum atomic E-state index is -0.558. The highest BCUT2D eigenvalue weighted by Crippen LogP contribution is 2.27. The van der Waals surface area contributed by atoms with Gasteiger partial charge < -0.3 is 14.8 Å². The van der Waals surface area contributed by atoms with Gasteiger partial charge in [0.05, 0.1) is 17.1 Å². The van der Waals surface area contributed by atoms with Gasteiger partial charge in [-0.25, -0.2) is 0 Å². The van der Waals surface area contributed by atoms with Crippen LogP contribution in [0.5, 0.6) is 11.5 Å². The van der Waals surface area contributed by atoms with E-state index in [2.05, 4.69) is 5.32 Å². The molecule has 8 nitrogen and oxygen atoms in total. The number of nitriles is 1. The molecule has 0 atom stereocenters. The third-order valence-electron chi connectivity index (χ3n) is 4.52. The lowest BCUT2D eigenvalue weighted by Crippen LogP contribution is -2.13. The van der Waals surface area contributed by atoms with E-state index < -0.39 is 10.8 Å². The van der Waals surface area contributed by atoms with Crippen molar-refractivity contribution < 1.29 is 19.2 Å². The number of halogens is 1. The van der Waals surface area contributed by atoms with Crippen molar-refractivity contribution >= 4 is 35.0 Å². The summed E-state index contributed by atoms with van der Waals surface area (Å²) >= 11 is 6.29. The fraction of sp³-hybridized carbons (Fsp3) is 0.0833. The van der Waals surface area contributed by atoms with Gasteiger partial charge in [-0.2, -0.15) is 5.26 Å². The van der Waals surface area contributed by atoms with Crippen LogP contribution in [0.15, 0.2) is 72.3 Å². The number of rotatable bonds is 8. The zero-order valence-corrected chi connectivity index (χ0v) is 18.2. The number of benzene rings is 3. The second-order valence-electron chi connectivity index (χ2n) is 6.75. The van der Waals surface area contributed by atoms with Gasteiger partial charge >= 0.3 is 0 Å². The van der Waals surface area contributed by atoms with E-state index in [1.165, 1.54) is 18.2 Å². The average molecular weight is 464 g/mol. The Morgan fingerprint density at radius 3 is 2.42 bits per heavy atom. The molecule has 3 rings (SSSR count). The topological polar surface area (TPSA) is 114 Å². The van der Waals surface area contributed by atoms with Crippen LogP contribution >= 0.6 is 11.6 Å². The highest BCUT2D eigenvalue weighted by molar-refractivity contribution is 6.32. The van der Waals surface area contributed by atoms with Crippen molar-refractivity contribution in [1.29, 1.82) is 5.26 Å². The van der Waals surface area contributed by atoms with Crippen molar-refractivity contribution in [3.63, 3.8) is 0 Å². The molecule has 0 aliphatic carbocycles. The summed E-state index contributed by atoms with van der Waals surface area (Å²) in [6.07, 6.45) is 1.42. The highest BCUT2D eigenvalue weighted by Gasteiger charge is 2.11. The number of nitrogens with one attached hydrogen (secondary N) is 1. The second-order valence-corrected chi connectivity index (χ2v) is 7.16. The van der Waals surface area contributed by atoms with Gasteiger partial charge in [0.2, 0.25) is 0 Å². The number of hydrogen-bond donors (Lipinski definition) is 1. The van der Waals surface area contributed by atoms with Crippen LogP contribution in [-0.4, -0.2) is 17.9 Å². The van der Waals surface area contributed by atoms with Crippen LogP contribution in [0.4, 0.5) is 11.4 Å². The molecule has 33 heavy (non-hydrogen) atoms. The van der Waals surface area contributed by atoms with E-state index in [1.54, 1.807) is 61.7 Å². The molecule has 1 N–H and O–H groups in total. The van der Waals surface area contributed by atoms with Crippen LogP contribution in [0.1, 0.15) is 11.1 Å². The van der Waals surface area contributed by atoms with E-state index in [1.807, 2.05) is 6.07 Å². The Bertz CT molecular complexity index is 1230. The molecule has 0 radical (unpaired) electrons. The number of carbonyl (C=O) groups excluding carboxylic acids is 1. The Kier molecular flexibility index (Phi) is 7.63. The van der Waals surface area contributed by atoms with Crippen LogP contribution in [0, 0.1) is 21.4 Å². The first kappa shape index (κ1) is 23.3. The molecule has 0 aliphatic rings. The predicted octanol–water partition coefficient (Wildman–Crippen LogP) is 5.38. The summed E-state index contributed by atoms with van der Waals surface area (Å²) in [5.74, 6) is 0.486. The van der Waals surface area contributed by atoms with Crippen LogP contribution in [0.25, 0.3) is 6.08 Å². The molecule has 0 unspecified atom stereocenters. The molecule has 0 spiro atoms. The Morgan fingerprint density at radius 1 is 1.15 bits per heavy atom. The largest absolute Gasteiger partial charge is 0.497 e. The summed E-state index contributed by atoms with van der Waals surface area (Å²) in [5, 5.41) is 23.1. The Balaban J connectivity index is 1.67. The number of hydrogen-bond acceptors (Lipinski definition) is 6. The number of nitro groups is 1. The summed E-state index contributed by atoms with van der Waals surface area (Å²) in [7, 11) is 1.54. The minimum Gasteiger partial charge on any atom is -0.497 e. The lowest BCUT2D eigenvalue weighted by atomic mass is 10.1. The first-order chi connectivity index (χ1) is 15.9. The molecule has 9 heteroatoms. The third-order valence-corrected chi connectivity index (χ3v) is 4.82. The van der Waals surface area contributed by atoms with E-state index >= 15 is 0 Å². The lowest BCUT2D eigenvalue weighted by molar-refractivity contribution is -0.384. The highest BCUT2D eigenvalue weighted by atomic mass is 35.5. The van der Waals surface area contributed by atoms with Crippen LogP contribution < -0.4 is 14.8 Å². The summed E-state index contributed by atoms with van der Waals surface area (Å²) in [4.78, 5) is 22.7. The van der Waals surface area contributed by atoms with E-state index in [-0.39, 0.29) is 17.9 Å². The van der Waals surface area contributed by atoms with Crippen molar-refractivity contribution in [2.75, 3.05) is 12.4 Å². The fourth-order valence-electron chi connectivity index (χ4n) is 2.79. The molecule has 0 aromatic heterocycles. The van der Waals surface area contributed by atoms with E-state index in [0.29, 0.717) is 27.8 Å². The van der Waals surface area contributed by atoms with Crippen LogP contribution in [0.3, 0.4) is 0 Å². The van der Waals surface area contributed by atoms with E-state index in [9.17, 15) is 20.2 Å². The Morgan fingerprint density at radius 2 is 1.85 bits per heavy atom. The van der Waals surface area contributed by atoms with Gasteiger partial charge in [0.15, 0.2) is 0 Å². The second kappa shape index (κ2) is 10.8. The predicted molar refractivity (Wildman–Crippen MR) is 124 cm³/mol. The summed E-state index contributed by atoms with van der Waals surface area (Å²) in [5.41, 5.74) is 1.71. The Labute approximate surface area is 194 Å². The standard InChI is InChI=1S/C24H18ClN3O5/c1-32-21-9-5-19(6-10-21)27-24(29)18(14-26)12-17-4-11-23(22(25)13-17)33-15-16-2-7-20(8-3-16)28(30)31/h2-13H,15H2,1H3,(H,27,29)/b18-12+. The molecule has 3 aromatic rings. The number of anilines is 1. The number of carbonyl (C=O) groups is 1. The van der Waals surface area contributed by atoms with Gasteiger partial charge in [-0.15, -0.1) is 0 Å². The number of ether oxygens (including phenoxy) is 2. The SMILES string of the molecule is COc1ccc(NC(=O)/C(C#N)=C/c2ccc(OCc3ccc([N+](=O)[O-])cc3)c(Cl)c2)cc1. The molecule has 166 valence electrons. The first-order valence-electron chi connectivity index (χ1n) is 9.62. The molecule has 3 aromatic carbocycles. The molecule has 0 saturated carbocycles. The maximum absolute atomic E-state index is 12.4. The number of nitrogens with zero attached hydrogens (tertiary/aromatic N) is 2. The molecule has 1 amide bonds. The summed E-state index contributed by atoms with van der Waals surface area (Å²) in [6, 6.07) is 19.5. The van der Waals surface area contributed by atoms with Crippen molar-refractivity contribution in [2.45, 2.75) is 6.61 Å². The fourth-order valence-corrected chi connectivity index (χ4v) is 3.03. The Hall–Kier alpha value is -4.35. The molecule has 0 saturated heterocycles. The number of nitro benzene ring substituents is 1. The smallest absolute Gasteiger partial charge is 0.269 e. The molecule has 0 fully saturated rings. The normalized spacial score (nSPS) is 10.8. The molecule has 0 aliphatic heterocycles. The number of methoxy groups -OCH3 is 1. The lowest BCUT2D eigenvalue weighted by Gasteiger charge is -2.09. The van der Waals surface area contributed by atoms with Crippen molar-refractivity contribution in [2.24, 2.45) is 0 Å². The maximum Gasteiger partial charge on any atom is 0.269 e. The zero-order valence-electron chi connectivity index (χ0n) is 17.4. The summed E-state index contributed by atoms with van der Waals surface area (Å²) in [6.45, 7) is 0.167. The maximum atomic E-state index is 12.4. The number of amides is 1. The van der Waals surface area contributed by atoms with Crippen LogP contribution in [-0.2, 0) is 11.4 Å². The molecule has 0 bridgehead atoms. The van der Waals surface area contributed by atoms with E-state index in [0.717, 1.165) is 5.56 Å². The molecular weight excluding hydrogens is 446 g/mol. The summed E-state index contributed by atoms with van der Waals surface area (Å²) < 4.78 is 10.8.